The first-order valence-corrected chi connectivity index (χ1v) is 14.0. The molecule has 2 aliphatic heterocycles. The number of benzene rings is 3. The van der Waals surface area contributed by atoms with E-state index in [0.717, 1.165) is 5.56 Å². The van der Waals surface area contributed by atoms with E-state index in [-0.39, 0.29) is 42.1 Å². The summed E-state index contributed by atoms with van der Waals surface area (Å²) in [6, 6.07) is 17.2. The minimum atomic E-state index is -3.88. The molecule has 0 radical (unpaired) electrons. The van der Waals surface area contributed by atoms with Gasteiger partial charge in [0.15, 0.2) is 0 Å². The van der Waals surface area contributed by atoms with Gasteiger partial charge in [0, 0.05) is 29.8 Å². The van der Waals surface area contributed by atoms with Crippen LogP contribution in [0.5, 0.6) is 11.5 Å². The van der Waals surface area contributed by atoms with Crippen molar-refractivity contribution in [2.24, 2.45) is 0 Å². The zero-order valence-corrected chi connectivity index (χ0v) is 22.0. The molecule has 9 nitrogen and oxygen atoms in total. The summed E-state index contributed by atoms with van der Waals surface area (Å²) in [5, 5.41) is 12.8. The van der Waals surface area contributed by atoms with E-state index in [0.29, 0.717) is 29.2 Å². The smallest absolute Gasteiger partial charge is 0.262 e. The molecule has 2 aliphatic rings. The Morgan fingerprint density at radius 3 is 2.72 bits per heavy atom. The number of anilines is 1. The lowest BCUT2D eigenvalue weighted by molar-refractivity contribution is -0.142. The van der Waals surface area contributed by atoms with E-state index in [4.69, 9.17) is 14.2 Å². The first-order chi connectivity index (χ1) is 18.8. The van der Waals surface area contributed by atoms with Crippen molar-refractivity contribution in [2.75, 3.05) is 18.4 Å². The molecule has 0 saturated carbocycles. The van der Waals surface area contributed by atoms with Crippen LogP contribution in [-0.4, -0.2) is 51.5 Å². The van der Waals surface area contributed by atoms with Gasteiger partial charge < -0.3 is 24.6 Å². The van der Waals surface area contributed by atoms with Crippen molar-refractivity contribution in [2.45, 2.75) is 48.5 Å². The molecule has 3 aromatic rings. The van der Waals surface area contributed by atoms with Crippen LogP contribution in [0.3, 0.4) is 0 Å². The van der Waals surface area contributed by atoms with Crippen LogP contribution in [0.2, 0.25) is 0 Å². The molecule has 206 valence electrons. The molecular weight excluding hydrogens is 527 g/mol. The van der Waals surface area contributed by atoms with E-state index in [9.17, 15) is 22.7 Å². The third-order valence-corrected chi connectivity index (χ3v) is 8.27. The molecule has 1 fully saturated rings. The van der Waals surface area contributed by atoms with Crippen molar-refractivity contribution < 1.29 is 36.9 Å². The predicted molar refractivity (Wildman–Crippen MR) is 141 cm³/mol. The van der Waals surface area contributed by atoms with Crippen molar-refractivity contribution in [3.63, 3.8) is 0 Å². The van der Waals surface area contributed by atoms with Gasteiger partial charge in [-0.05, 0) is 54.4 Å². The number of aliphatic hydroxyl groups is 1. The Morgan fingerprint density at radius 2 is 1.95 bits per heavy atom. The standard InChI is InChI=1S/C28H29FN2O7S/c1-36-20-6-3-7-22(12-20)39(34,35)31-19-8-9-25-23(11-19)24-13-21(37-26(16-32)28(24)38-25)14-27(33)30-15-17-4-2-5-18(29)10-17/h2-12,21,24,26,28,31-32H,13-16H2,1H3,(H,30,33)/t21-,24-,26+,28+/m0/s1. The van der Waals surface area contributed by atoms with Crippen LogP contribution >= 0.6 is 0 Å². The highest BCUT2D eigenvalue weighted by molar-refractivity contribution is 7.92. The average molecular weight is 557 g/mol. The molecule has 0 unspecified atom stereocenters. The van der Waals surface area contributed by atoms with Gasteiger partial charge in [0.05, 0.1) is 31.1 Å². The van der Waals surface area contributed by atoms with Crippen LogP contribution in [0.25, 0.3) is 0 Å². The highest BCUT2D eigenvalue weighted by atomic mass is 32.2. The normalized spacial score (nSPS) is 21.8. The Labute approximate surface area is 226 Å². The monoisotopic (exact) mass is 556 g/mol. The van der Waals surface area contributed by atoms with Crippen LogP contribution in [0.1, 0.15) is 29.9 Å². The summed E-state index contributed by atoms with van der Waals surface area (Å²) in [4.78, 5) is 12.7. The van der Waals surface area contributed by atoms with Crippen molar-refractivity contribution >= 4 is 21.6 Å². The van der Waals surface area contributed by atoms with E-state index < -0.39 is 28.3 Å². The maximum Gasteiger partial charge on any atom is 0.262 e. The summed E-state index contributed by atoms with van der Waals surface area (Å²) in [6.45, 7) is -0.118. The number of methoxy groups -OCH3 is 1. The lowest BCUT2D eigenvalue weighted by Gasteiger charge is -2.37. The first kappa shape index (κ1) is 26.9. The number of fused-ring (bicyclic) bond motifs is 3. The number of carbonyl (C=O) groups is 1. The number of carbonyl (C=O) groups excluding carboxylic acids is 1. The van der Waals surface area contributed by atoms with Crippen molar-refractivity contribution in [1.29, 1.82) is 0 Å². The van der Waals surface area contributed by atoms with E-state index in [2.05, 4.69) is 10.0 Å². The molecule has 0 aliphatic carbocycles. The summed E-state index contributed by atoms with van der Waals surface area (Å²) < 4.78 is 59.2. The second kappa shape index (κ2) is 11.2. The molecular formula is C28H29FN2O7S. The number of rotatable bonds is 9. The third kappa shape index (κ3) is 6.00. The molecule has 3 aromatic carbocycles. The fourth-order valence-electron chi connectivity index (χ4n) is 5.06. The minimum Gasteiger partial charge on any atom is -0.497 e. The highest BCUT2D eigenvalue weighted by Gasteiger charge is 2.46. The van der Waals surface area contributed by atoms with E-state index >= 15 is 0 Å². The van der Waals surface area contributed by atoms with E-state index in [1.165, 1.54) is 31.4 Å². The van der Waals surface area contributed by atoms with Gasteiger partial charge in [-0.15, -0.1) is 0 Å². The van der Waals surface area contributed by atoms with E-state index in [1.807, 2.05) is 0 Å². The number of nitrogens with one attached hydrogen (secondary N) is 2. The molecule has 0 bridgehead atoms. The largest absolute Gasteiger partial charge is 0.497 e. The SMILES string of the molecule is COc1cccc(S(=O)(=O)Nc2ccc3c(c2)[C@@H]2C[C@@H](CC(=O)NCc4cccc(F)c4)O[C@H](CO)[C@@H]2O3)c1. The minimum absolute atomic E-state index is 0.0481. The zero-order chi connectivity index (χ0) is 27.6. The van der Waals surface area contributed by atoms with Crippen LogP contribution in [0, 0.1) is 5.82 Å². The number of sulfonamides is 1. The number of hydrogen-bond donors (Lipinski definition) is 3. The second-order valence-electron chi connectivity index (χ2n) is 9.55. The fourth-order valence-corrected chi connectivity index (χ4v) is 6.15. The topological polar surface area (TPSA) is 123 Å². The lowest BCUT2D eigenvalue weighted by Crippen LogP contribution is -2.47. The van der Waals surface area contributed by atoms with Crippen LogP contribution in [0.15, 0.2) is 71.6 Å². The molecule has 1 saturated heterocycles. The Bertz CT molecular complexity index is 1470. The average Bonchev–Trinajstić information content (AvgIpc) is 3.29. The van der Waals surface area contributed by atoms with Crippen LogP contribution in [-0.2, 0) is 26.1 Å². The molecule has 3 N–H and O–H groups in total. The molecule has 1 amide bonds. The molecule has 39 heavy (non-hydrogen) atoms. The van der Waals surface area contributed by atoms with Gasteiger partial charge in [0.2, 0.25) is 5.91 Å². The van der Waals surface area contributed by atoms with Gasteiger partial charge in [0.25, 0.3) is 10.0 Å². The number of amides is 1. The number of ether oxygens (including phenoxy) is 3. The second-order valence-corrected chi connectivity index (χ2v) is 11.2. The third-order valence-electron chi connectivity index (χ3n) is 6.89. The fraction of sp³-hybridized carbons (Fsp3) is 0.321. The molecule has 2 heterocycles. The summed E-state index contributed by atoms with van der Waals surface area (Å²) in [7, 11) is -2.42. The Balaban J connectivity index is 1.29. The highest BCUT2D eigenvalue weighted by Crippen LogP contribution is 2.47. The van der Waals surface area contributed by atoms with Gasteiger partial charge in [0.1, 0.15) is 29.5 Å². The molecule has 4 atom stereocenters. The van der Waals surface area contributed by atoms with Gasteiger partial charge in [-0.1, -0.05) is 18.2 Å². The summed E-state index contributed by atoms with van der Waals surface area (Å²) >= 11 is 0. The number of halogens is 1. The summed E-state index contributed by atoms with van der Waals surface area (Å²) in [5.41, 5.74) is 1.78. The maximum atomic E-state index is 13.4. The zero-order valence-electron chi connectivity index (χ0n) is 21.2. The quantitative estimate of drug-likeness (QED) is 0.370. The predicted octanol–water partition coefficient (Wildman–Crippen LogP) is 3.34. The molecule has 0 spiro atoms. The van der Waals surface area contributed by atoms with Crippen molar-refractivity contribution in [1.82, 2.24) is 5.32 Å². The van der Waals surface area contributed by atoms with Crippen LogP contribution in [0.4, 0.5) is 10.1 Å². The first-order valence-electron chi connectivity index (χ1n) is 12.5. The van der Waals surface area contributed by atoms with Crippen molar-refractivity contribution in [3.8, 4) is 11.5 Å². The molecule has 0 aromatic heterocycles. The maximum absolute atomic E-state index is 13.4. The molecule has 5 rings (SSSR count). The van der Waals surface area contributed by atoms with E-state index in [1.54, 1.807) is 42.5 Å². The Morgan fingerprint density at radius 1 is 1.13 bits per heavy atom. The summed E-state index contributed by atoms with van der Waals surface area (Å²) in [5.74, 6) is 0.143. The Kier molecular flexibility index (Phi) is 7.74. The van der Waals surface area contributed by atoms with Gasteiger partial charge in [-0.25, -0.2) is 12.8 Å². The Hall–Kier alpha value is -3.67. The lowest BCUT2D eigenvalue weighted by atomic mass is 9.84. The van der Waals surface area contributed by atoms with Crippen molar-refractivity contribution in [3.05, 3.63) is 83.7 Å². The van der Waals surface area contributed by atoms with Crippen LogP contribution < -0.4 is 19.5 Å². The number of aliphatic hydroxyl groups excluding tert-OH is 1. The van der Waals surface area contributed by atoms with Gasteiger partial charge in [-0.2, -0.15) is 0 Å². The molecule has 11 heteroatoms. The van der Waals surface area contributed by atoms with Gasteiger partial charge in [-0.3, -0.25) is 9.52 Å². The number of hydrogen-bond acceptors (Lipinski definition) is 7. The van der Waals surface area contributed by atoms with Gasteiger partial charge >= 0.3 is 0 Å². The summed E-state index contributed by atoms with van der Waals surface area (Å²) in [6.07, 6.45) is -1.14.